The number of unbranched alkanes of at least 4 members (excludes halogenated alkanes) is 3. The van der Waals surface area contributed by atoms with Gasteiger partial charge in [-0.2, -0.15) is 0 Å². The smallest absolute Gasteiger partial charge is 0.290 e. The Hall–Kier alpha value is -3.12. The number of fused-ring (bicyclic) bond motifs is 2. The van der Waals surface area contributed by atoms with Crippen molar-refractivity contribution in [2.24, 2.45) is 0 Å². The number of carbonyl (C=O) groups is 1. The molecule has 1 amide bonds. The van der Waals surface area contributed by atoms with Crippen LogP contribution < -0.4 is 10.2 Å². The Labute approximate surface area is 219 Å². The summed E-state index contributed by atoms with van der Waals surface area (Å²) in [6, 6.07) is 11.0. The Morgan fingerprint density at radius 1 is 0.946 bits per heavy atom. The van der Waals surface area contributed by atoms with E-state index in [1.54, 1.807) is 4.90 Å². The van der Waals surface area contributed by atoms with E-state index in [9.17, 15) is 9.59 Å². The van der Waals surface area contributed by atoms with Crippen molar-refractivity contribution in [3.05, 3.63) is 74.6 Å². The van der Waals surface area contributed by atoms with E-state index in [0.717, 1.165) is 35.3 Å². The van der Waals surface area contributed by atoms with E-state index in [2.05, 4.69) is 6.92 Å². The molecule has 0 N–H and O–H groups in total. The van der Waals surface area contributed by atoms with Crippen molar-refractivity contribution in [2.45, 2.75) is 78.9 Å². The van der Waals surface area contributed by atoms with Gasteiger partial charge in [0.05, 0.1) is 29.7 Å². The number of hydrogen-bond acceptors (Lipinski definition) is 5. The Balaban J connectivity index is 1.67. The highest BCUT2D eigenvalue weighted by Gasteiger charge is 2.42. The summed E-state index contributed by atoms with van der Waals surface area (Å²) >= 11 is 0. The van der Waals surface area contributed by atoms with E-state index < -0.39 is 6.04 Å². The monoisotopic (exact) mass is 505 g/mol. The molecule has 37 heavy (non-hydrogen) atoms. The summed E-state index contributed by atoms with van der Waals surface area (Å²) in [7, 11) is 0. The van der Waals surface area contributed by atoms with Crippen LogP contribution in [0.15, 0.2) is 45.6 Å². The molecule has 0 saturated heterocycles. The highest BCUT2D eigenvalue weighted by Crippen LogP contribution is 2.39. The van der Waals surface area contributed by atoms with E-state index >= 15 is 0 Å². The van der Waals surface area contributed by atoms with Crippen molar-refractivity contribution in [3.63, 3.8) is 0 Å². The first-order valence-corrected chi connectivity index (χ1v) is 13.5. The maximum absolute atomic E-state index is 13.8. The first-order valence-electron chi connectivity index (χ1n) is 13.5. The van der Waals surface area contributed by atoms with Crippen LogP contribution in [-0.4, -0.2) is 36.7 Å². The molecular weight excluding hydrogens is 466 g/mol. The molecule has 0 saturated carbocycles. The van der Waals surface area contributed by atoms with Crippen LogP contribution in [0.25, 0.3) is 11.0 Å². The summed E-state index contributed by atoms with van der Waals surface area (Å²) in [5.74, 6) is 0.683. The summed E-state index contributed by atoms with van der Waals surface area (Å²) in [5, 5.41) is 0.511. The molecule has 6 heteroatoms. The summed E-state index contributed by atoms with van der Waals surface area (Å²) in [6.07, 6.45) is 5.38. The van der Waals surface area contributed by atoms with E-state index in [1.807, 2.05) is 64.1 Å². The lowest BCUT2D eigenvalue weighted by Gasteiger charge is -2.25. The summed E-state index contributed by atoms with van der Waals surface area (Å²) < 4.78 is 17.7. The second kappa shape index (κ2) is 12.0. The maximum Gasteiger partial charge on any atom is 0.290 e. The fourth-order valence-corrected chi connectivity index (χ4v) is 4.87. The topological polar surface area (TPSA) is 69.0 Å². The van der Waals surface area contributed by atoms with Gasteiger partial charge >= 0.3 is 0 Å². The van der Waals surface area contributed by atoms with Crippen molar-refractivity contribution in [3.8, 4) is 5.75 Å². The lowest BCUT2D eigenvalue weighted by molar-refractivity contribution is 0.0593. The van der Waals surface area contributed by atoms with Gasteiger partial charge in [-0.25, -0.2) is 0 Å². The lowest BCUT2D eigenvalue weighted by Crippen LogP contribution is -2.31. The fraction of sp³-hybridized carbons (Fsp3) is 0.484. The minimum atomic E-state index is -0.512. The first-order chi connectivity index (χ1) is 17.8. The van der Waals surface area contributed by atoms with Crippen molar-refractivity contribution in [1.82, 2.24) is 4.90 Å². The maximum atomic E-state index is 13.8. The van der Waals surface area contributed by atoms with Crippen LogP contribution in [-0.2, 0) is 4.74 Å². The van der Waals surface area contributed by atoms with Gasteiger partial charge in [0.25, 0.3) is 5.91 Å². The van der Waals surface area contributed by atoms with Crippen LogP contribution in [0.3, 0.4) is 0 Å². The van der Waals surface area contributed by atoms with Crippen LogP contribution in [0.2, 0.25) is 0 Å². The quantitative estimate of drug-likeness (QED) is 0.255. The first kappa shape index (κ1) is 26.9. The molecule has 0 aliphatic carbocycles. The average Bonchev–Trinajstić information content (AvgIpc) is 3.15. The number of rotatable bonds is 12. The van der Waals surface area contributed by atoms with Gasteiger partial charge < -0.3 is 18.8 Å². The second-order valence-electron chi connectivity index (χ2n) is 10.3. The predicted molar refractivity (Wildman–Crippen MR) is 147 cm³/mol. The Bertz CT molecular complexity index is 1290. The average molecular weight is 506 g/mol. The minimum Gasteiger partial charge on any atom is -0.494 e. The lowest BCUT2D eigenvalue weighted by atomic mass is 9.97. The molecule has 3 aromatic rings. The molecule has 0 fully saturated rings. The molecule has 1 aliphatic rings. The normalized spacial score (nSPS) is 15.1. The molecule has 1 atom stereocenters. The van der Waals surface area contributed by atoms with E-state index in [1.165, 1.54) is 12.8 Å². The van der Waals surface area contributed by atoms with Crippen molar-refractivity contribution >= 4 is 16.9 Å². The van der Waals surface area contributed by atoms with Crippen molar-refractivity contribution in [2.75, 3.05) is 19.8 Å². The van der Waals surface area contributed by atoms with E-state index in [0.29, 0.717) is 42.7 Å². The highest BCUT2D eigenvalue weighted by molar-refractivity contribution is 5.99. The summed E-state index contributed by atoms with van der Waals surface area (Å²) in [5.41, 5.74) is 3.63. The number of aryl methyl sites for hydroxylation is 2. The number of carbonyl (C=O) groups excluding carboxylic acids is 1. The third-order valence-corrected chi connectivity index (χ3v) is 7.04. The van der Waals surface area contributed by atoms with Crippen molar-refractivity contribution in [1.29, 1.82) is 0 Å². The Kier molecular flexibility index (Phi) is 8.70. The van der Waals surface area contributed by atoms with Gasteiger partial charge in [-0.3, -0.25) is 9.59 Å². The predicted octanol–water partition coefficient (Wildman–Crippen LogP) is 6.73. The van der Waals surface area contributed by atoms with Crippen molar-refractivity contribution < 1.29 is 18.7 Å². The Morgan fingerprint density at radius 2 is 1.68 bits per heavy atom. The zero-order valence-corrected chi connectivity index (χ0v) is 22.8. The van der Waals surface area contributed by atoms with Gasteiger partial charge in [0, 0.05) is 13.2 Å². The molecule has 1 aliphatic heterocycles. The van der Waals surface area contributed by atoms with E-state index in [4.69, 9.17) is 13.9 Å². The van der Waals surface area contributed by atoms with Gasteiger partial charge in [-0.05, 0) is 81.5 Å². The second-order valence-corrected chi connectivity index (χ2v) is 10.3. The minimum absolute atomic E-state index is 0.122. The van der Waals surface area contributed by atoms with Crippen LogP contribution in [0.1, 0.15) is 91.7 Å². The molecule has 198 valence electrons. The molecule has 2 aromatic carbocycles. The van der Waals surface area contributed by atoms with Crippen LogP contribution in [0.4, 0.5) is 0 Å². The Morgan fingerprint density at radius 3 is 2.38 bits per heavy atom. The standard InChI is InChI=1S/C31H39NO5/c1-6-7-8-9-16-36-24-13-11-23(12-14-24)28-27-29(33)25-18-21(4)22(5)19-26(25)37-30(27)31(34)32(28)15-10-17-35-20(2)3/h11-14,18-20,28H,6-10,15-17H2,1-5H3. The van der Waals surface area contributed by atoms with Gasteiger partial charge in [-0.15, -0.1) is 0 Å². The van der Waals surface area contributed by atoms with Crippen LogP contribution in [0, 0.1) is 13.8 Å². The molecule has 4 rings (SSSR count). The van der Waals surface area contributed by atoms with Crippen LogP contribution >= 0.6 is 0 Å². The summed E-state index contributed by atoms with van der Waals surface area (Å²) in [6.45, 7) is 11.8. The molecular formula is C31H39NO5. The zero-order chi connectivity index (χ0) is 26.5. The number of ether oxygens (including phenoxy) is 2. The van der Waals surface area contributed by atoms with E-state index in [-0.39, 0.29) is 23.2 Å². The fourth-order valence-electron chi connectivity index (χ4n) is 4.87. The largest absolute Gasteiger partial charge is 0.494 e. The van der Waals surface area contributed by atoms with Gasteiger partial charge in [-0.1, -0.05) is 38.3 Å². The van der Waals surface area contributed by atoms with Gasteiger partial charge in [0.1, 0.15) is 11.3 Å². The molecule has 2 heterocycles. The molecule has 1 unspecified atom stereocenters. The molecule has 0 bridgehead atoms. The number of amides is 1. The van der Waals surface area contributed by atoms with Gasteiger partial charge in [0.15, 0.2) is 5.43 Å². The third-order valence-electron chi connectivity index (χ3n) is 7.04. The zero-order valence-electron chi connectivity index (χ0n) is 22.8. The number of hydrogen-bond donors (Lipinski definition) is 0. The summed E-state index contributed by atoms with van der Waals surface area (Å²) in [4.78, 5) is 29.1. The molecule has 6 nitrogen and oxygen atoms in total. The highest BCUT2D eigenvalue weighted by atomic mass is 16.5. The SMILES string of the molecule is CCCCCCOc1ccc(C2c3c(oc4cc(C)c(C)cc4c3=O)C(=O)N2CCCOC(C)C)cc1. The number of benzene rings is 2. The third kappa shape index (κ3) is 5.90. The molecule has 0 radical (unpaired) electrons. The van der Waals surface area contributed by atoms with Gasteiger partial charge in [0.2, 0.25) is 5.76 Å². The molecule has 1 aromatic heterocycles. The number of nitrogens with zero attached hydrogens (tertiary/aromatic N) is 1. The van der Waals surface area contributed by atoms with Crippen LogP contribution in [0.5, 0.6) is 5.75 Å². The molecule has 0 spiro atoms.